The van der Waals surface area contributed by atoms with Gasteiger partial charge in [-0.3, -0.25) is 15.6 Å². The van der Waals surface area contributed by atoms with Crippen LogP contribution in [0.1, 0.15) is 46.0 Å². The largest absolute Gasteiger partial charge is 0.465 e. The SMILES string of the molecule is CN1CCN(c2nc(Cl)nc(NNC(=O)[C@@H](CNC(=O)O)CC3CCCC3)c2F)C(C)(C)C1. The lowest BCUT2D eigenvalue weighted by Gasteiger charge is -2.46. The lowest BCUT2D eigenvalue weighted by atomic mass is 9.92. The Labute approximate surface area is 198 Å². The summed E-state index contributed by atoms with van der Waals surface area (Å²) in [5, 5.41) is 11.1. The fourth-order valence-corrected chi connectivity index (χ4v) is 4.99. The maximum Gasteiger partial charge on any atom is 0.404 e. The average Bonchev–Trinajstić information content (AvgIpc) is 3.24. The van der Waals surface area contributed by atoms with Crippen molar-refractivity contribution < 1.29 is 19.1 Å². The minimum atomic E-state index is -1.19. The maximum atomic E-state index is 15.4. The number of carbonyl (C=O) groups is 2. The van der Waals surface area contributed by atoms with Crippen LogP contribution < -0.4 is 21.1 Å². The molecule has 4 N–H and O–H groups in total. The molecule has 0 radical (unpaired) electrons. The molecule has 0 spiro atoms. The highest BCUT2D eigenvalue weighted by atomic mass is 35.5. The molecule has 33 heavy (non-hydrogen) atoms. The molecule has 0 aromatic carbocycles. The number of anilines is 2. The topological polar surface area (TPSA) is 123 Å². The van der Waals surface area contributed by atoms with Gasteiger partial charge < -0.3 is 20.2 Å². The third-order valence-corrected chi connectivity index (χ3v) is 6.59. The maximum absolute atomic E-state index is 15.4. The number of rotatable bonds is 8. The van der Waals surface area contributed by atoms with Gasteiger partial charge in [0.2, 0.25) is 17.0 Å². The molecule has 2 aliphatic rings. The predicted octanol–water partition coefficient (Wildman–Crippen LogP) is 2.71. The van der Waals surface area contributed by atoms with Gasteiger partial charge in [0.15, 0.2) is 11.6 Å². The van der Waals surface area contributed by atoms with Crippen LogP contribution in [0, 0.1) is 17.7 Å². The van der Waals surface area contributed by atoms with Gasteiger partial charge in [-0.25, -0.2) is 4.79 Å². The Balaban J connectivity index is 1.72. The van der Waals surface area contributed by atoms with Crippen molar-refractivity contribution in [3.63, 3.8) is 0 Å². The van der Waals surface area contributed by atoms with E-state index in [0.29, 0.717) is 25.4 Å². The van der Waals surface area contributed by atoms with Crippen LogP contribution in [0.3, 0.4) is 0 Å². The molecule has 1 saturated carbocycles. The number of hydrazine groups is 1. The van der Waals surface area contributed by atoms with E-state index in [2.05, 4.69) is 31.0 Å². The number of carboxylic acid groups (broad SMARTS) is 1. The average molecular weight is 486 g/mol. The molecule has 1 aliphatic carbocycles. The van der Waals surface area contributed by atoms with E-state index in [9.17, 15) is 9.59 Å². The zero-order valence-corrected chi connectivity index (χ0v) is 20.1. The third-order valence-electron chi connectivity index (χ3n) is 6.42. The third kappa shape index (κ3) is 6.57. The van der Waals surface area contributed by atoms with Crippen LogP contribution in [0.4, 0.5) is 20.8 Å². The summed E-state index contributed by atoms with van der Waals surface area (Å²) in [6.07, 6.45) is 3.62. The Morgan fingerprint density at radius 2 is 1.97 bits per heavy atom. The first-order valence-electron chi connectivity index (χ1n) is 11.3. The van der Waals surface area contributed by atoms with E-state index in [1.807, 2.05) is 25.8 Å². The van der Waals surface area contributed by atoms with Crippen LogP contribution in [0.5, 0.6) is 0 Å². The molecule has 1 aliphatic heterocycles. The molecule has 0 unspecified atom stereocenters. The number of aromatic nitrogens is 2. The van der Waals surface area contributed by atoms with Crippen molar-refractivity contribution in [2.24, 2.45) is 11.8 Å². The summed E-state index contributed by atoms with van der Waals surface area (Å²) in [5.41, 5.74) is 4.64. The van der Waals surface area contributed by atoms with E-state index >= 15 is 4.39 Å². The fourth-order valence-electron chi connectivity index (χ4n) is 4.83. The molecule has 3 rings (SSSR count). The number of nitrogens with one attached hydrogen (secondary N) is 3. The minimum Gasteiger partial charge on any atom is -0.465 e. The Hall–Kier alpha value is -2.40. The van der Waals surface area contributed by atoms with Crippen LogP contribution in [-0.2, 0) is 4.79 Å². The van der Waals surface area contributed by atoms with Gasteiger partial charge in [-0.2, -0.15) is 14.4 Å². The van der Waals surface area contributed by atoms with Crippen molar-refractivity contribution in [1.82, 2.24) is 25.6 Å². The molecular weight excluding hydrogens is 453 g/mol. The fraction of sp³-hybridized carbons (Fsp3) is 0.714. The van der Waals surface area contributed by atoms with Crippen molar-refractivity contribution in [2.75, 3.05) is 43.6 Å². The van der Waals surface area contributed by atoms with Crippen LogP contribution in [0.15, 0.2) is 0 Å². The second-order valence-corrected chi connectivity index (χ2v) is 9.90. The predicted molar refractivity (Wildman–Crippen MR) is 124 cm³/mol. The van der Waals surface area contributed by atoms with Crippen LogP contribution in [0.2, 0.25) is 5.28 Å². The number of piperazine rings is 1. The normalized spacial score (nSPS) is 19.8. The van der Waals surface area contributed by atoms with Crippen LogP contribution in [0.25, 0.3) is 0 Å². The molecular formula is C21H33ClFN7O3. The van der Waals surface area contributed by atoms with Gasteiger partial charge in [-0.15, -0.1) is 0 Å². The highest BCUT2D eigenvalue weighted by Crippen LogP contribution is 2.32. The minimum absolute atomic E-state index is 0.0207. The second kappa shape index (κ2) is 10.7. The summed E-state index contributed by atoms with van der Waals surface area (Å²) in [6.45, 7) is 5.99. The van der Waals surface area contributed by atoms with Gasteiger partial charge in [0.25, 0.3) is 0 Å². The molecule has 2 amide bonds. The van der Waals surface area contributed by atoms with Gasteiger partial charge in [0.1, 0.15) is 0 Å². The summed E-state index contributed by atoms with van der Waals surface area (Å²) in [6, 6.07) is 0. The molecule has 1 aromatic rings. The quantitative estimate of drug-likeness (QED) is 0.327. The van der Waals surface area contributed by atoms with Crippen molar-refractivity contribution in [1.29, 1.82) is 0 Å². The number of hydrogen-bond donors (Lipinski definition) is 4. The monoisotopic (exact) mass is 485 g/mol. The number of amides is 2. The van der Waals surface area contributed by atoms with E-state index in [-0.39, 0.29) is 29.0 Å². The standard InChI is InChI=1S/C21H33ClFN7O3/c1-21(2)12-29(3)8-9-30(21)17-15(23)16(25-19(22)26-17)27-28-18(31)14(11-24-20(32)33)10-13-6-4-5-7-13/h13-14,24H,4-12H2,1-3H3,(H,28,31)(H,32,33)(H,25,26,27)/t14-/m1/s1. The lowest BCUT2D eigenvalue weighted by molar-refractivity contribution is -0.124. The molecule has 0 bridgehead atoms. The molecule has 2 heterocycles. The van der Waals surface area contributed by atoms with Gasteiger partial charge in [-0.1, -0.05) is 25.7 Å². The molecule has 1 aromatic heterocycles. The van der Waals surface area contributed by atoms with E-state index < -0.39 is 23.7 Å². The summed E-state index contributed by atoms with van der Waals surface area (Å²) >= 11 is 6.08. The summed E-state index contributed by atoms with van der Waals surface area (Å²) in [5.74, 6) is -1.54. The van der Waals surface area contributed by atoms with Crippen LogP contribution >= 0.6 is 11.6 Å². The number of halogens is 2. The van der Waals surface area contributed by atoms with Crippen molar-refractivity contribution in [3.05, 3.63) is 11.1 Å². The molecule has 2 fully saturated rings. The van der Waals surface area contributed by atoms with E-state index in [4.69, 9.17) is 16.7 Å². The van der Waals surface area contributed by atoms with Gasteiger partial charge >= 0.3 is 6.09 Å². The number of likely N-dealkylation sites (N-methyl/N-ethyl adjacent to an activating group) is 1. The second-order valence-electron chi connectivity index (χ2n) is 9.56. The lowest BCUT2D eigenvalue weighted by Crippen LogP contribution is -2.59. The highest BCUT2D eigenvalue weighted by molar-refractivity contribution is 6.28. The zero-order chi connectivity index (χ0) is 24.2. The molecule has 1 saturated heterocycles. The first kappa shape index (κ1) is 25.2. The van der Waals surface area contributed by atoms with Gasteiger partial charge in [0.05, 0.1) is 5.92 Å². The van der Waals surface area contributed by atoms with E-state index in [1.54, 1.807) is 0 Å². The Morgan fingerprint density at radius 1 is 1.27 bits per heavy atom. The van der Waals surface area contributed by atoms with Gasteiger partial charge in [0, 0.05) is 31.7 Å². The smallest absolute Gasteiger partial charge is 0.404 e. The van der Waals surface area contributed by atoms with Crippen molar-refractivity contribution in [2.45, 2.75) is 51.5 Å². The van der Waals surface area contributed by atoms with Crippen molar-refractivity contribution >= 4 is 35.2 Å². The van der Waals surface area contributed by atoms with E-state index in [1.165, 1.54) is 0 Å². The molecule has 12 heteroatoms. The number of carbonyl (C=O) groups excluding carboxylic acids is 1. The van der Waals surface area contributed by atoms with E-state index in [0.717, 1.165) is 32.2 Å². The summed E-state index contributed by atoms with van der Waals surface area (Å²) < 4.78 is 15.4. The Morgan fingerprint density at radius 3 is 2.61 bits per heavy atom. The van der Waals surface area contributed by atoms with Crippen LogP contribution in [-0.4, -0.2) is 70.7 Å². The highest BCUT2D eigenvalue weighted by Gasteiger charge is 2.36. The van der Waals surface area contributed by atoms with Crippen molar-refractivity contribution in [3.8, 4) is 0 Å². The Bertz CT molecular complexity index is 867. The summed E-state index contributed by atoms with van der Waals surface area (Å²) in [7, 11) is 2.01. The molecule has 10 nitrogen and oxygen atoms in total. The first-order valence-corrected chi connectivity index (χ1v) is 11.7. The Kier molecular flexibility index (Phi) is 8.17. The number of hydrogen-bond acceptors (Lipinski definition) is 7. The molecule has 1 atom stereocenters. The first-order chi connectivity index (χ1) is 15.6. The summed E-state index contributed by atoms with van der Waals surface area (Å²) in [4.78, 5) is 35.8. The zero-order valence-electron chi connectivity index (χ0n) is 19.3. The van der Waals surface area contributed by atoms with Gasteiger partial charge in [-0.05, 0) is 44.8 Å². The molecule has 184 valence electrons. The number of nitrogens with zero attached hydrogens (tertiary/aromatic N) is 4.